The monoisotopic (exact) mass is 306 g/mol. The van der Waals surface area contributed by atoms with Gasteiger partial charge in [0.05, 0.1) is 29.8 Å². The molecule has 0 bridgehead atoms. The maximum absolute atomic E-state index is 13.5. The second kappa shape index (κ2) is 6.49. The van der Waals surface area contributed by atoms with E-state index in [0.29, 0.717) is 0 Å². The van der Waals surface area contributed by atoms with Crippen molar-refractivity contribution in [2.45, 2.75) is 24.8 Å². The molecule has 0 spiro atoms. The number of sulfonamides is 1. The highest BCUT2D eigenvalue weighted by molar-refractivity contribution is 7.89. The number of ether oxygens (including phenoxy) is 1. The number of hydrogen-bond acceptors (Lipinski definition) is 5. The van der Waals surface area contributed by atoms with Gasteiger partial charge in [0, 0.05) is 7.11 Å². The van der Waals surface area contributed by atoms with Crippen molar-refractivity contribution in [3.63, 3.8) is 0 Å². The van der Waals surface area contributed by atoms with Crippen molar-refractivity contribution in [3.8, 4) is 0 Å². The zero-order valence-corrected chi connectivity index (χ0v) is 12.4. The Balaban J connectivity index is 3.26. The highest BCUT2D eigenvalue weighted by atomic mass is 32.2. The summed E-state index contributed by atoms with van der Waals surface area (Å²) in [4.78, 5) is -0.0778. The zero-order valence-electron chi connectivity index (χ0n) is 11.6. The zero-order chi connectivity index (χ0) is 15.5. The number of halogens is 1. The summed E-state index contributed by atoms with van der Waals surface area (Å²) in [5, 5.41) is 9.11. The molecule has 0 aliphatic heterocycles. The number of nitrogen functional groups attached to an aromatic ring is 1. The van der Waals surface area contributed by atoms with Gasteiger partial charge in [-0.25, -0.2) is 17.5 Å². The molecule has 0 aromatic heterocycles. The van der Waals surface area contributed by atoms with E-state index in [0.717, 1.165) is 6.07 Å². The molecule has 0 saturated heterocycles. The summed E-state index contributed by atoms with van der Waals surface area (Å²) in [5.74, 6) is -0.658. The van der Waals surface area contributed by atoms with E-state index in [1.165, 1.54) is 21.0 Å². The molecule has 0 saturated carbocycles. The lowest BCUT2D eigenvalue weighted by atomic mass is 10.1. The van der Waals surface area contributed by atoms with Gasteiger partial charge in [0.15, 0.2) is 0 Å². The van der Waals surface area contributed by atoms with E-state index >= 15 is 0 Å². The van der Waals surface area contributed by atoms with E-state index in [1.54, 1.807) is 0 Å². The summed E-state index contributed by atoms with van der Waals surface area (Å²) in [6.45, 7) is 2.52. The Morgan fingerprint density at radius 3 is 2.60 bits per heavy atom. The van der Waals surface area contributed by atoms with Gasteiger partial charge in [-0.05, 0) is 31.0 Å². The molecule has 8 heteroatoms. The highest BCUT2D eigenvalue weighted by Gasteiger charge is 2.25. The van der Waals surface area contributed by atoms with Crippen molar-refractivity contribution in [3.05, 3.63) is 23.0 Å². The average molecular weight is 306 g/mol. The van der Waals surface area contributed by atoms with Gasteiger partial charge in [0.1, 0.15) is 5.82 Å². The predicted octanol–water partition coefficient (Wildman–Crippen LogP) is 0.310. The largest absolute Gasteiger partial charge is 0.396 e. The number of rotatable bonds is 6. The van der Waals surface area contributed by atoms with Crippen LogP contribution in [0.5, 0.6) is 0 Å². The number of methoxy groups -OCH3 is 1. The number of benzene rings is 1. The molecule has 114 valence electrons. The summed E-state index contributed by atoms with van der Waals surface area (Å²) in [7, 11) is -2.54. The minimum atomic E-state index is -3.93. The van der Waals surface area contributed by atoms with Crippen LogP contribution in [0.15, 0.2) is 11.0 Å². The van der Waals surface area contributed by atoms with Crippen LogP contribution in [0.4, 0.5) is 10.1 Å². The van der Waals surface area contributed by atoms with Crippen molar-refractivity contribution in [1.29, 1.82) is 0 Å². The second-order valence-corrected chi connectivity index (χ2v) is 6.15. The normalized spacial score (nSPS) is 13.4. The lowest BCUT2D eigenvalue weighted by Crippen LogP contribution is -2.41. The molecule has 1 aromatic carbocycles. The van der Waals surface area contributed by atoms with Crippen LogP contribution in [0.3, 0.4) is 0 Å². The minimum Gasteiger partial charge on any atom is -0.396 e. The molecular weight excluding hydrogens is 287 g/mol. The Bertz CT molecular complexity index is 590. The van der Waals surface area contributed by atoms with E-state index in [2.05, 4.69) is 4.72 Å². The SMILES string of the molecule is COCC(CO)NS(=O)(=O)c1c(C)cc(F)c(N)c1C. The van der Waals surface area contributed by atoms with Gasteiger partial charge >= 0.3 is 0 Å². The van der Waals surface area contributed by atoms with E-state index in [-0.39, 0.29) is 28.3 Å². The third-order valence-electron chi connectivity index (χ3n) is 2.88. The predicted molar refractivity (Wildman–Crippen MR) is 73.4 cm³/mol. The van der Waals surface area contributed by atoms with E-state index in [9.17, 15) is 12.8 Å². The molecule has 20 heavy (non-hydrogen) atoms. The van der Waals surface area contributed by atoms with Crippen molar-refractivity contribution in [2.24, 2.45) is 0 Å². The molecule has 0 aliphatic carbocycles. The quantitative estimate of drug-likeness (QED) is 0.657. The molecule has 1 atom stereocenters. The fourth-order valence-electron chi connectivity index (χ4n) is 1.95. The second-order valence-electron chi connectivity index (χ2n) is 4.50. The Morgan fingerprint density at radius 1 is 1.50 bits per heavy atom. The molecule has 1 aromatic rings. The van der Waals surface area contributed by atoms with Gasteiger partial charge in [0.2, 0.25) is 10.0 Å². The van der Waals surface area contributed by atoms with Gasteiger partial charge in [0.25, 0.3) is 0 Å². The first-order valence-electron chi connectivity index (χ1n) is 5.91. The van der Waals surface area contributed by atoms with E-state index in [1.807, 2.05) is 0 Å². The number of nitrogens with one attached hydrogen (secondary N) is 1. The molecule has 1 rings (SSSR count). The van der Waals surface area contributed by atoms with E-state index in [4.69, 9.17) is 15.6 Å². The first-order valence-corrected chi connectivity index (χ1v) is 7.40. The van der Waals surface area contributed by atoms with Crippen LogP contribution in [-0.4, -0.2) is 39.9 Å². The molecular formula is C12H19FN2O4S. The third-order valence-corrected chi connectivity index (χ3v) is 4.69. The fraction of sp³-hybridized carbons (Fsp3) is 0.500. The molecule has 1 unspecified atom stereocenters. The standard InChI is InChI=1S/C12H19FN2O4S/c1-7-4-10(13)11(14)8(2)12(7)20(17,18)15-9(5-16)6-19-3/h4,9,15-16H,5-6,14H2,1-3H3. The molecule has 0 heterocycles. The van der Waals surface area contributed by atoms with Gasteiger partial charge in [-0.15, -0.1) is 0 Å². The smallest absolute Gasteiger partial charge is 0.241 e. The van der Waals surface area contributed by atoms with Gasteiger partial charge in [-0.2, -0.15) is 0 Å². The maximum atomic E-state index is 13.5. The Morgan fingerprint density at radius 2 is 2.10 bits per heavy atom. The number of hydrogen-bond donors (Lipinski definition) is 3. The Hall–Kier alpha value is -1.22. The van der Waals surface area contributed by atoms with Crippen LogP contribution in [0.25, 0.3) is 0 Å². The molecule has 4 N–H and O–H groups in total. The minimum absolute atomic E-state index is 0.0184. The van der Waals surface area contributed by atoms with E-state index < -0.39 is 28.5 Å². The third kappa shape index (κ3) is 3.45. The maximum Gasteiger partial charge on any atom is 0.241 e. The number of aliphatic hydroxyl groups excluding tert-OH is 1. The lowest BCUT2D eigenvalue weighted by molar-refractivity contribution is 0.139. The fourth-order valence-corrected chi connectivity index (χ4v) is 3.64. The number of nitrogens with two attached hydrogens (primary N) is 1. The summed E-state index contributed by atoms with van der Waals surface area (Å²) in [5.41, 5.74) is 5.71. The molecule has 0 amide bonds. The highest BCUT2D eigenvalue weighted by Crippen LogP contribution is 2.27. The molecule has 0 radical (unpaired) electrons. The lowest BCUT2D eigenvalue weighted by Gasteiger charge is -2.18. The summed E-state index contributed by atoms with van der Waals surface area (Å²) < 4.78 is 45.2. The number of anilines is 1. The van der Waals surface area contributed by atoms with Crippen molar-refractivity contribution in [1.82, 2.24) is 4.72 Å². The number of aryl methyl sites for hydroxylation is 1. The van der Waals surface area contributed by atoms with Crippen LogP contribution in [0.1, 0.15) is 11.1 Å². The molecule has 0 aliphatic rings. The van der Waals surface area contributed by atoms with Gasteiger partial charge < -0.3 is 15.6 Å². The summed E-state index contributed by atoms with van der Waals surface area (Å²) >= 11 is 0. The molecule has 6 nitrogen and oxygen atoms in total. The van der Waals surface area contributed by atoms with Gasteiger partial charge in [-0.1, -0.05) is 0 Å². The van der Waals surface area contributed by atoms with Crippen LogP contribution in [-0.2, 0) is 14.8 Å². The van der Waals surface area contributed by atoms with Crippen LogP contribution >= 0.6 is 0 Å². The molecule has 0 fully saturated rings. The summed E-state index contributed by atoms with van der Waals surface area (Å²) in [6.07, 6.45) is 0. The average Bonchev–Trinajstić information content (AvgIpc) is 2.34. The summed E-state index contributed by atoms with van der Waals surface area (Å²) in [6, 6.07) is 0.288. The van der Waals surface area contributed by atoms with Crippen molar-refractivity contribution in [2.75, 3.05) is 26.1 Å². The van der Waals surface area contributed by atoms with Crippen LogP contribution in [0.2, 0.25) is 0 Å². The first-order chi connectivity index (χ1) is 9.24. The first kappa shape index (κ1) is 16.8. The topological polar surface area (TPSA) is 102 Å². The van der Waals surface area contributed by atoms with Crippen molar-refractivity contribution < 1.29 is 22.7 Å². The van der Waals surface area contributed by atoms with Crippen LogP contribution in [0, 0.1) is 19.7 Å². The Kier molecular flexibility index (Phi) is 5.46. The Labute approximate surface area is 117 Å². The number of aliphatic hydroxyl groups is 1. The van der Waals surface area contributed by atoms with Crippen LogP contribution < -0.4 is 10.5 Å². The van der Waals surface area contributed by atoms with Crippen molar-refractivity contribution >= 4 is 15.7 Å². The van der Waals surface area contributed by atoms with Gasteiger partial charge in [-0.3, -0.25) is 0 Å².